The third-order valence-electron chi connectivity index (χ3n) is 3.42. The third kappa shape index (κ3) is 3.95. The normalized spacial score (nSPS) is 12.4. The lowest BCUT2D eigenvalue weighted by Crippen LogP contribution is -2.15. The zero-order valence-electron chi connectivity index (χ0n) is 13.4. The molecule has 2 heterocycles. The number of halogens is 5. The molecule has 0 unspecified atom stereocenters. The predicted molar refractivity (Wildman–Crippen MR) is 88.8 cm³/mol. The number of nitrogens with zero attached hydrogens (tertiary/aromatic N) is 1. The van der Waals surface area contributed by atoms with Crippen LogP contribution in [-0.4, -0.2) is 18.4 Å². The molecule has 0 aliphatic rings. The number of sulfonamides is 1. The van der Waals surface area contributed by atoms with Crippen LogP contribution in [0.15, 0.2) is 34.7 Å². The van der Waals surface area contributed by atoms with E-state index in [-0.39, 0.29) is 17.0 Å². The maximum absolute atomic E-state index is 13.9. The van der Waals surface area contributed by atoms with E-state index in [0.717, 1.165) is 11.9 Å². The van der Waals surface area contributed by atoms with Crippen LogP contribution in [0.1, 0.15) is 11.3 Å². The Balaban J connectivity index is 1.91. The van der Waals surface area contributed by atoms with E-state index in [1.165, 1.54) is 17.4 Å². The van der Waals surface area contributed by atoms with Crippen molar-refractivity contribution in [3.63, 3.8) is 0 Å². The second-order valence-electron chi connectivity index (χ2n) is 5.46. The fraction of sp³-hybridized carbons (Fsp3) is 0.133. The van der Waals surface area contributed by atoms with Gasteiger partial charge in [0.2, 0.25) is 0 Å². The lowest BCUT2D eigenvalue weighted by Gasteiger charge is -2.12. The van der Waals surface area contributed by atoms with E-state index >= 15 is 0 Å². The van der Waals surface area contributed by atoms with Gasteiger partial charge in [0.05, 0.1) is 16.9 Å². The van der Waals surface area contributed by atoms with Crippen LogP contribution < -0.4 is 4.72 Å². The molecule has 0 saturated heterocycles. The van der Waals surface area contributed by atoms with Crippen LogP contribution in [0.5, 0.6) is 0 Å². The van der Waals surface area contributed by atoms with Crippen molar-refractivity contribution in [1.29, 1.82) is 0 Å². The van der Waals surface area contributed by atoms with Crippen LogP contribution in [0.25, 0.3) is 10.7 Å². The highest BCUT2D eigenvalue weighted by Crippen LogP contribution is 2.34. The molecule has 0 amide bonds. The smallest absolute Gasteiger partial charge is 0.358 e. The molecule has 0 atom stereocenters. The van der Waals surface area contributed by atoms with Crippen LogP contribution >= 0.6 is 11.3 Å². The molecule has 3 rings (SSSR count). The number of hydrogen-bond donors (Lipinski definition) is 2. The molecule has 0 spiro atoms. The largest absolute Gasteiger partial charge is 0.419 e. The van der Waals surface area contributed by atoms with E-state index in [1.54, 1.807) is 17.0 Å². The zero-order chi connectivity index (χ0) is 20.0. The molecule has 0 radical (unpaired) electrons. The Morgan fingerprint density at radius 1 is 1.15 bits per heavy atom. The number of alkyl halides is 3. The lowest BCUT2D eigenvalue weighted by molar-refractivity contribution is -0.140. The molecule has 12 heteroatoms. The summed E-state index contributed by atoms with van der Waals surface area (Å²) in [5, 5.41) is 2.27. The Kier molecular flexibility index (Phi) is 4.72. The Morgan fingerprint density at radius 3 is 2.44 bits per heavy atom. The summed E-state index contributed by atoms with van der Waals surface area (Å²) in [6.07, 6.45) is -4.00. The Labute approximate surface area is 153 Å². The first-order valence-corrected chi connectivity index (χ1v) is 9.53. The minimum atomic E-state index is -5.11. The van der Waals surface area contributed by atoms with Crippen LogP contribution in [0.3, 0.4) is 0 Å². The van der Waals surface area contributed by atoms with Crippen LogP contribution in [0.4, 0.5) is 27.6 Å². The molecule has 0 aliphatic carbocycles. The number of anilines is 1. The summed E-state index contributed by atoms with van der Waals surface area (Å²) in [7, 11) is -4.37. The topological polar surface area (TPSA) is 74.8 Å². The first-order chi connectivity index (χ1) is 12.5. The SMILES string of the molecule is Cc1csc(-c2cc(S(=O)(=O)Nc3cc(F)c(C(F)(F)F)cc3F)c[nH]2)n1. The molecule has 5 nitrogen and oxygen atoms in total. The number of aryl methyl sites for hydroxylation is 1. The van der Waals surface area contributed by atoms with Gasteiger partial charge in [0.15, 0.2) is 0 Å². The van der Waals surface area contributed by atoms with Gasteiger partial charge in [0, 0.05) is 23.3 Å². The quantitative estimate of drug-likeness (QED) is 0.605. The molecule has 3 aromatic rings. The lowest BCUT2D eigenvalue weighted by atomic mass is 10.2. The van der Waals surface area contributed by atoms with Gasteiger partial charge in [-0.1, -0.05) is 0 Å². The summed E-state index contributed by atoms with van der Waals surface area (Å²) in [5.41, 5.74) is -1.65. The Bertz CT molecular complexity index is 1100. The average molecular weight is 423 g/mol. The predicted octanol–water partition coefficient (Wildman–Crippen LogP) is 4.54. The van der Waals surface area contributed by atoms with Gasteiger partial charge >= 0.3 is 6.18 Å². The van der Waals surface area contributed by atoms with E-state index in [0.29, 0.717) is 10.7 Å². The van der Waals surface area contributed by atoms with Gasteiger partial charge in [-0.05, 0) is 19.1 Å². The number of rotatable bonds is 4. The summed E-state index contributed by atoms with van der Waals surface area (Å²) < 4.78 is 91.6. The van der Waals surface area contributed by atoms with E-state index in [1.807, 2.05) is 0 Å². The molecule has 0 fully saturated rings. The molecule has 0 saturated carbocycles. The summed E-state index contributed by atoms with van der Waals surface area (Å²) in [4.78, 5) is 6.55. The van der Waals surface area contributed by atoms with E-state index in [2.05, 4.69) is 9.97 Å². The molecule has 2 N–H and O–H groups in total. The van der Waals surface area contributed by atoms with E-state index in [4.69, 9.17) is 0 Å². The number of H-pyrrole nitrogens is 1. The molecule has 27 heavy (non-hydrogen) atoms. The van der Waals surface area contributed by atoms with Crippen molar-refractivity contribution < 1.29 is 30.4 Å². The molecule has 1 aromatic carbocycles. The van der Waals surface area contributed by atoms with Gasteiger partial charge in [-0.25, -0.2) is 22.2 Å². The van der Waals surface area contributed by atoms with Gasteiger partial charge in [0.25, 0.3) is 10.0 Å². The summed E-state index contributed by atoms with van der Waals surface area (Å²) in [6, 6.07) is 1.26. The fourth-order valence-corrected chi connectivity index (χ4v) is 4.00. The molecular weight excluding hydrogens is 413 g/mol. The first kappa shape index (κ1) is 19.3. The maximum atomic E-state index is 13.9. The second-order valence-corrected chi connectivity index (χ2v) is 8.00. The van der Waals surface area contributed by atoms with Gasteiger partial charge < -0.3 is 4.98 Å². The standard InChI is InChI=1S/C15H10F5N3O2S2/c1-7-6-26-14(22-7)13-2-8(5-21-13)27(24,25)23-12-4-10(16)9(3-11(12)17)15(18,19)20/h2-6,21,23H,1H3. The number of benzene rings is 1. The van der Waals surface area contributed by atoms with E-state index < -0.39 is 39.1 Å². The van der Waals surface area contributed by atoms with E-state index in [9.17, 15) is 30.4 Å². The van der Waals surface area contributed by atoms with Crippen molar-refractivity contribution >= 4 is 27.0 Å². The summed E-state index contributed by atoms with van der Waals surface area (Å²) >= 11 is 1.27. The van der Waals surface area contributed by atoms with Crippen LogP contribution in [0.2, 0.25) is 0 Å². The van der Waals surface area contributed by atoms with Gasteiger partial charge in [-0.2, -0.15) is 13.2 Å². The molecule has 2 aromatic heterocycles. The van der Waals surface area contributed by atoms with Crippen LogP contribution in [0, 0.1) is 18.6 Å². The second kappa shape index (κ2) is 6.60. The summed E-state index contributed by atoms with van der Waals surface area (Å²) in [6.45, 7) is 1.75. The maximum Gasteiger partial charge on any atom is 0.419 e. The number of nitrogens with one attached hydrogen (secondary N) is 2. The number of hydrogen-bond acceptors (Lipinski definition) is 4. The monoisotopic (exact) mass is 423 g/mol. The number of thiazole rings is 1. The summed E-state index contributed by atoms with van der Waals surface area (Å²) in [5.74, 6) is -3.35. The van der Waals surface area contributed by atoms with Gasteiger partial charge in [0.1, 0.15) is 21.5 Å². The van der Waals surface area contributed by atoms with Gasteiger partial charge in [-0.3, -0.25) is 4.72 Å². The molecule has 144 valence electrons. The van der Waals surface area contributed by atoms with Gasteiger partial charge in [-0.15, -0.1) is 11.3 Å². The number of aromatic amines is 1. The minimum Gasteiger partial charge on any atom is -0.358 e. The van der Waals surface area contributed by atoms with Crippen LogP contribution in [-0.2, 0) is 16.2 Å². The molecule has 0 aliphatic heterocycles. The third-order valence-corrected chi connectivity index (χ3v) is 5.76. The highest BCUT2D eigenvalue weighted by Gasteiger charge is 2.35. The molecule has 0 bridgehead atoms. The average Bonchev–Trinajstić information content (AvgIpc) is 3.18. The first-order valence-electron chi connectivity index (χ1n) is 7.17. The highest BCUT2D eigenvalue weighted by molar-refractivity contribution is 7.92. The van der Waals surface area contributed by atoms with Crippen molar-refractivity contribution in [2.75, 3.05) is 4.72 Å². The zero-order valence-corrected chi connectivity index (χ0v) is 15.0. The minimum absolute atomic E-state index is 0.103. The van der Waals surface area contributed by atoms with Crippen molar-refractivity contribution in [2.24, 2.45) is 0 Å². The van der Waals surface area contributed by atoms with Crippen molar-refractivity contribution in [3.05, 3.63) is 52.7 Å². The fourth-order valence-electron chi connectivity index (χ4n) is 2.18. The number of aromatic nitrogens is 2. The van der Waals surface area contributed by atoms with Crippen molar-refractivity contribution in [1.82, 2.24) is 9.97 Å². The van der Waals surface area contributed by atoms with Crippen molar-refractivity contribution in [3.8, 4) is 10.7 Å². The Hall–Kier alpha value is -2.47. The van der Waals surface area contributed by atoms with Crippen molar-refractivity contribution in [2.45, 2.75) is 18.0 Å². The highest BCUT2D eigenvalue weighted by atomic mass is 32.2. The Morgan fingerprint density at radius 2 is 1.85 bits per heavy atom. The molecular formula is C15H10F5N3O2S2.